The highest BCUT2D eigenvalue weighted by Crippen LogP contribution is 2.35. The molecule has 28 heavy (non-hydrogen) atoms. The summed E-state index contributed by atoms with van der Waals surface area (Å²) in [7, 11) is 1.63. The molecule has 0 bridgehead atoms. The molecule has 0 aliphatic rings. The summed E-state index contributed by atoms with van der Waals surface area (Å²) in [4.78, 5) is 12.4. The first kappa shape index (κ1) is 22.0. The van der Waals surface area contributed by atoms with Gasteiger partial charge in [0.05, 0.1) is 7.11 Å². The fourth-order valence-corrected chi connectivity index (χ4v) is 3.63. The summed E-state index contributed by atoms with van der Waals surface area (Å²) in [5.74, 6) is 0.808. The molecule has 0 heterocycles. The summed E-state index contributed by atoms with van der Waals surface area (Å²) in [6.45, 7) is 15.7. The monoisotopic (exact) mass is 381 g/mol. The van der Waals surface area contributed by atoms with Crippen LogP contribution in [0.5, 0.6) is 5.75 Å². The van der Waals surface area contributed by atoms with Gasteiger partial charge in [0, 0.05) is 12.1 Å². The molecular weight excluding hydrogens is 346 g/mol. The van der Waals surface area contributed by atoms with Gasteiger partial charge in [-0.15, -0.1) is 0 Å². The van der Waals surface area contributed by atoms with Crippen LogP contribution >= 0.6 is 0 Å². The van der Waals surface area contributed by atoms with E-state index >= 15 is 0 Å². The zero-order chi connectivity index (χ0) is 21.1. The molecule has 2 rings (SSSR count). The fourth-order valence-electron chi connectivity index (χ4n) is 3.63. The molecular formula is C25H35NO2. The van der Waals surface area contributed by atoms with E-state index in [0.29, 0.717) is 6.42 Å². The van der Waals surface area contributed by atoms with E-state index in [-0.39, 0.29) is 16.7 Å². The van der Waals surface area contributed by atoms with Crippen LogP contribution < -0.4 is 10.1 Å². The van der Waals surface area contributed by atoms with Crippen LogP contribution in [0.3, 0.4) is 0 Å². The molecule has 0 saturated heterocycles. The van der Waals surface area contributed by atoms with Crippen LogP contribution in [0.2, 0.25) is 0 Å². The Labute approximate surface area is 170 Å². The third-order valence-electron chi connectivity index (χ3n) is 5.10. The lowest BCUT2D eigenvalue weighted by Gasteiger charge is -2.30. The van der Waals surface area contributed by atoms with Crippen LogP contribution in [0.25, 0.3) is 0 Å². The molecule has 0 aromatic heterocycles. The van der Waals surface area contributed by atoms with Crippen molar-refractivity contribution in [3.63, 3.8) is 0 Å². The van der Waals surface area contributed by atoms with E-state index in [4.69, 9.17) is 4.74 Å². The number of amides is 1. The quantitative estimate of drug-likeness (QED) is 0.672. The first-order valence-corrected chi connectivity index (χ1v) is 10.00. The Kier molecular flexibility index (Phi) is 6.59. The minimum absolute atomic E-state index is 0.0281. The summed E-state index contributed by atoms with van der Waals surface area (Å²) >= 11 is 0. The second kappa shape index (κ2) is 8.38. The number of carbonyl (C=O) groups excluding carboxylic acids is 1. The summed E-state index contributed by atoms with van der Waals surface area (Å²) in [5, 5.41) is 2.97. The Hall–Kier alpha value is -2.29. The lowest BCUT2D eigenvalue weighted by Crippen LogP contribution is -2.20. The Morgan fingerprint density at radius 3 is 1.86 bits per heavy atom. The van der Waals surface area contributed by atoms with E-state index in [1.165, 1.54) is 22.3 Å². The topological polar surface area (TPSA) is 38.3 Å². The number of rotatable bonds is 5. The van der Waals surface area contributed by atoms with Crippen molar-refractivity contribution in [1.82, 2.24) is 0 Å². The highest BCUT2D eigenvalue weighted by molar-refractivity contribution is 5.90. The molecule has 0 saturated carbocycles. The number of aryl methyl sites for hydroxylation is 1. The first-order valence-electron chi connectivity index (χ1n) is 10.00. The zero-order valence-electron chi connectivity index (χ0n) is 18.7. The molecule has 3 heteroatoms. The number of anilines is 1. The normalized spacial score (nSPS) is 12.0. The van der Waals surface area contributed by atoms with Crippen molar-refractivity contribution in [2.75, 3.05) is 12.4 Å². The van der Waals surface area contributed by atoms with Crippen molar-refractivity contribution in [2.24, 2.45) is 0 Å². The van der Waals surface area contributed by atoms with Gasteiger partial charge in [0.1, 0.15) is 5.75 Å². The average molecular weight is 382 g/mol. The molecule has 0 fully saturated rings. The zero-order valence-corrected chi connectivity index (χ0v) is 18.7. The van der Waals surface area contributed by atoms with E-state index in [1.54, 1.807) is 7.11 Å². The standard InChI is InChI=1S/C25H35NO2/c1-17-21(24(2,3)4)15-18(16-22(17)25(5,6)7)9-14-23(27)26-19-10-12-20(28-8)13-11-19/h10-13,15-16H,9,14H2,1-8H3,(H,26,27). The Morgan fingerprint density at radius 2 is 1.43 bits per heavy atom. The van der Waals surface area contributed by atoms with Crippen molar-refractivity contribution < 1.29 is 9.53 Å². The molecule has 2 aromatic carbocycles. The maximum Gasteiger partial charge on any atom is 0.224 e. The van der Waals surface area contributed by atoms with Gasteiger partial charge in [-0.2, -0.15) is 0 Å². The Bertz CT molecular complexity index is 786. The van der Waals surface area contributed by atoms with Gasteiger partial charge in [-0.25, -0.2) is 0 Å². The van der Waals surface area contributed by atoms with Gasteiger partial charge in [-0.05, 0) is 70.7 Å². The van der Waals surface area contributed by atoms with E-state index < -0.39 is 0 Å². The van der Waals surface area contributed by atoms with Crippen molar-refractivity contribution >= 4 is 11.6 Å². The Morgan fingerprint density at radius 1 is 0.929 bits per heavy atom. The van der Waals surface area contributed by atoms with Gasteiger partial charge in [0.15, 0.2) is 0 Å². The van der Waals surface area contributed by atoms with Crippen LogP contribution in [0.15, 0.2) is 36.4 Å². The lowest BCUT2D eigenvalue weighted by molar-refractivity contribution is -0.116. The molecule has 152 valence electrons. The third kappa shape index (κ3) is 5.60. The van der Waals surface area contributed by atoms with E-state index in [2.05, 4.69) is 65.9 Å². The fraction of sp³-hybridized carbons (Fsp3) is 0.480. The van der Waals surface area contributed by atoms with E-state index in [0.717, 1.165) is 17.9 Å². The maximum absolute atomic E-state index is 12.4. The summed E-state index contributed by atoms with van der Waals surface area (Å²) in [6, 6.07) is 12.0. The highest BCUT2D eigenvalue weighted by atomic mass is 16.5. The SMILES string of the molecule is COc1ccc(NC(=O)CCc2cc(C(C)(C)C)c(C)c(C(C)(C)C)c2)cc1. The molecule has 0 aliphatic heterocycles. The lowest BCUT2D eigenvalue weighted by atomic mass is 9.75. The van der Waals surface area contributed by atoms with E-state index in [1.807, 2.05) is 24.3 Å². The molecule has 2 aromatic rings. The molecule has 1 amide bonds. The highest BCUT2D eigenvalue weighted by Gasteiger charge is 2.24. The summed E-state index contributed by atoms with van der Waals surface area (Å²) in [6.07, 6.45) is 1.19. The average Bonchev–Trinajstić information content (AvgIpc) is 2.59. The van der Waals surface area contributed by atoms with Crippen LogP contribution in [0.1, 0.15) is 70.2 Å². The molecule has 1 N–H and O–H groups in total. The van der Waals surface area contributed by atoms with Crippen molar-refractivity contribution in [1.29, 1.82) is 0 Å². The Balaban J connectivity index is 2.17. The van der Waals surface area contributed by atoms with Gasteiger partial charge >= 0.3 is 0 Å². The molecule has 0 atom stereocenters. The molecule has 0 aliphatic carbocycles. The minimum atomic E-state index is 0.0281. The van der Waals surface area contributed by atoms with Crippen molar-refractivity contribution in [3.8, 4) is 5.75 Å². The molecule has 0 radical (unpaired) electrons. The first-order chi connectivity index (χ1) is 12.9. The predicted octanol–water partition coefficient (Wildman–Crippen LogP) is 6.17. The molecule has 3 nitrogen and oxygen atoms in total. The number of nitrogens with one attached hydrogen (secondary N) is 1. The van der Waals surface area contributed by atoms with Crippen molar-refractivity contribution in [3.05, 3.63) is 58.7 Å². The second-order valence-corrected chi connectivity index (χ2v) is 9.59. The number of hydrogen-bond acceptors (Lipinski definition) is 2. The smallest absolute Gasteiger partial charge is 0.224 e. The summed E-state index contributed by atoms with van der Waals surface area (Å²) in [5.41, 5.74) is 6.27. The maximum atomic E-state index is 12.4. The van der Waals surface area contributed by atoms with Gasteiger partial charge in [-0.1, -0.05) is 53.7 Å². The van der Waals surface area contributed by atoms with Gasteiger partial charge in [0.2, 0.25) is 5.91 Å². The third-order valence-corrected chi connectivity index (χ3v) is 5.10. The van der Waals surface area contributed by atoms with Crippen LogP contribution in [0.4, 0.5) is 5.69 Å². The van der Waals surface area contributed by atoms with Gasteiger partial charge < -0.3 is 10.1 Å². The molecule has 0 unspecified atom stereocenters. The number of methoxy groups -OCH3 is 1. The van der Waals surface area contributed by atoms with Gasteiger partial charge in [0.25, 0.3) is 0 Å². The van der Waals surface area contributed by atoms with Crippen molar-refractivity contribution in [2.45, 2.75) is 72.1 Å². The van der Waals surface area contributed by atoms with Crippen LogP contribution in [-0.4, -0.2) is 13.0 Å². The van der Waals surface area contributed by atoms with E-state index in [9.17, 15) is 4.79 Å². The summed E-state index contributed by atoms with van der Waals surface area (Å²) < 4.78 is 5.15. The van der Waals surface area contributed by atoms with Crippen LogP contribution in [0, 0.1) is 6.92 Å². The number of hydrogen-bond donors (Lipinski definition) is 1. The number of benzene rings is 2. The number of ether oxygens (including phenoxy) is 1. The van der Waals surface area contributed by atoms with Crippen LogP contribution in [-0.2, 0) is 22.0 Å². The minimum Gasteiger partial charge on any atom is -0.497 e. The largest absolute Gasteiger partial charge is 0.497 e. The second-order valence-electron chi connectivity index (χ2n) is 9.59. The van der Waals surface area contributed by atoms with Gasteiger partial charge in [-0.3, -0.25) is 4.79 Å². The number of carbonyl (C=O) groups is 1. The molecule has 0 spiro atoms. The predicted molar refractivity (Wildman–Crippen MR) is 119 cm³/mol.